The third-order valence-corrected chi connectivity index (χ3v) is 11.9. The molecule has 302 valence electrons. The summed E-state index contributed by atoms with van der Waals surface area (Å²) < 4.78 is 82.2. The number of fused-ring (bicyclic) bond motifs is 8. The van der Waals surface area contributed by atoms with E-state index in [1.807, 2.05) is 66.7 Å². The molecule has 2 aromatic heterocycles. The molecular weight excluding hydrogens is 776 g/mol. The number of hydrogen-bond acceptors (Lipinski definition) is 2. The molecule has 0 atom stereocenters. The zero-order chi connectivity index (χ0) is 42.4. The number of halogens is 5. The van der Waals surface area contributed by atoms with Crippen LogP contribution in [0.25, 0.3) is 93.8 Å². The van der Waals surface area contributed by atoms with Crippen LogP contribution in [0.2, 0.25) is 0 Å². The van der Waals surface area contributed by atoms with Crippen molar-refractivity contribution in [1.29, 1.82) is 0 Å². The number of benzene rings is 8. The van der Waals surface area contributed by atoms with Gasteiger partial charge in [-0.2, -0.15) is 22.0 Å². The number of imidazole rings is 1. The first-order chi connectivity index (χ1) is 29.3. The Hall–Kier alpha value is -6.80. The van der Waals surface area contributed by atoms with Crippen molar-refractivity contribution in [3.63, 3.8) is 0 Å². The van der Waals surface area contributed by atoms with Gasteiger partial charge in [-0.15, -0.1) is 0 Å². The maximum atomic E-state index is 15.5. The summed E-state index contributed by atoms with van der Waals surface area (Å²) in [5, 5.41) is 2.37. The molecule has 0 spiro atoms. The van der Waals surface area contributed by atoms with Crippen LogP contribution in [0.1, 0.15) is 56.2 Å². The van der Waals surface area contributed by atoms with Crippen LogP contribution in [0.3, 0.4) is 0 Å². The summed E-state index contributed by atoms with van der Waals surface area (Å²) in [6, 6.07) is 47.8. The normalized spacial score (nSPS) is 12.6. The van der Waals surface area contributed by atoms with Crippen molar-refractivity contribution in [3.05, 3.63) is 168 Å². The van der Waals surface area contributed by atoms with E-state index in [9.17, 15) is 13.2 Å². The van der Waals surface area contributed by atoms with Crippen molar-refractivity contribution in [3.8, 4) is 39.3 Å². The van der Waals surface area contributed by atoms with E-state index >= 15 is 8.78 Å². The molecule has 0 fully saturated rings. The van der Waals surface area contributed by atoms with Crippen LogP contribution in [-0.4, -0.2) is 15.7 Å². The third kappa shape index (κ3) is 6.10. The van der Waals surface area contributed by atoms with Crippen molar-refractivity contribution >= 4 is 54.5 Å². The average molecular weight is 815 g/mol. The molecule has 0 unspecified atom stereocenters. The molecule has 0 N–H and O–H groups in total. The minimum Gasteiger partial charge on any atom is -0.455 e. The Morgan fingerprint density at radius 2 is 1.15 bits per heavy atom. The van der Waals surface area contributed by atoms with Crippen molar-refractivity contribution < 1.29 is 26.4 Å². The topological polar surface area (TPSA) is 31.0 Å². The Labute approximate surface area is 348 Å². The predicted molar refractivity (Wildman–Crippen MR) is 238 cm³/mol. The molecule has 2 heterocycles. The minimum atomic E-state index is -5.83. The highest BCUT2D eigenvalue weighted by Crippen LogP contribution is 2.51. The van der Waals surface area contributed by atoms with Crippen LogP contribution < -0.4 is 0 Å². The lowest BCUT2D eigenvalue weighted by Crippen LogP contribution is -2.33. The molecule has 10 rings (SSSR count). The number of hydrogen-bond donors (Lipinski definition) is 0. The van der Waals surface area contributed by atoms with Crippen LogP contribution in [0.5, 0.6) is 0 Å². The van der Waals surface area contributed by atoms with E-state index in [1.54, 1.807) is 24.3 Å². The minimum absolute atomic E-state index is 0.0683. The molecule has 3 nitrogen and oxygen atoms in total. The van der Waals surface area contributed by atoms with Crippen molar-refractivity contribution in [2.75, 3.05) is 0 Å². The van der Waals surface area contributed by atoms with Gasteiger partial charge in [-0.25, -0.2) is 4.98 Å². The van der Waals surface area contributed by atoms with Gasteiger partial charge < -0.3 is 4.42 Å². The first-order valence-electron chi connectivity index (χ1n) is 20.4. The van der Waals surface area contributed by atoms with Crippen molar-refractivity contribution in [2.45, 2.75) is 51.6 Å². The van der Waals surface area contributed by atoms with Gasteiger partial charge in [0, 0.05) is 21.7 Å². The molecule has 61 heavy (non-hydrogen) atoms. The maximum Gasteiger partial charge on any atom is 0.458 e. The molecule has 0 amide bonds. The van der Waals surface area contributed by atoms with Crippen LogP contribution in [-0.2, 0) is 5.92 Å². The molecule has 10 aromatic rings. The number of furan rings is 1. The van der Waals surface area contributed by atoms with Gasteiger partial charge in [0.15, 0.2) is 0 Å². The fourth-order valence-corrected chi connectivity index (χ4v) is 8.96. The largest absolute Gasteiger partial charge is 0.458 e. The Morgan fingerprint density at radius 3 is 1.84 bits per heavy atom. The van der Waals surface area contributed by atoms with E-state index in [0.717, 1.165) is 56.2 Å². The number of para-hydroxylation sites is 3. The zero-order valence-corrected chi connectivity index (χ0v) is 33.8. The maximum absolute atomic E-state index is 15.5. The van der Waals surface area contributed by atoms with E-state index in [-0.39, 0.29) is 28.2 Å². The second-order valence-corrected chi connectivity index (χ2v) is 16.4. The fourth-order valence-electron chi connectivity index (χ4n) is 8.96. The van der Waals surface area contributed by atoms with Crippen LogP contribution >= 0.6 is 0 Å². The van der Waals surface area contributed by atoms with Gasteiger partial charge in [-0.3, -0.25) is 4.57 Å². The van der Waals surface area contributed by atoms with Crippen LogP contribution in [0, 0.1) is 0 Å². The van der Waals surface area contributed by atoms with E-state index in [2.05, 4.69) is 80.8 Å². The van der Waals surface area contributed by atoms with Crippen molar-refractivity contribution in [1.82, 2.24) is 9.55 Å². The molecule has 0 saturated carbocycles. The Balaban J connectivity index is 1.25. The molecule has 8 heteroatoms. The van der Waals surface area contributed by atoms with E-state index < -0.39 is 17.7 Å². The number of rotatable bonds is 7. The lowest BCUT2D eigenvalue weighted by atomic mass is 9.87. The number of aromatic nitrogens is 2. The molecule has 0 aliphatic rings. The Morgan fingerprint density at radius 1 is 0.541 bits per heavy atom. The number of alkyl halides is 5. The first kappa shape index (κ1) is 38.4. The van der Waals surface area contributed by atoms with Gasteiger partial charge in [-0.05, 0) is 97.8 Å². The quantitative estimate of drug-likeness (QED) is 0.119. The molecule has 0 radical (unpaired) electrons. The molecule has 0 aliphatic heterocycles. The Bertz CT molecular complexity index is 3290. The SMILES string of the molecule is CC(C)c1cc(-c2ccc(-c3ccccc3)cc2)cc(C(C)C)c1-n1c(-c2cccc3c2oc2cc(C(F)(F)C(F)(F)F)c4ccc5ccccc5c4c23)nc2ccccc21. The molecule has 0 aliphatic carbocycles. The lowest BCUT2D eigenvalue weighted by molar-refractivity contribution is -0.288. The monoisotopic (exact) mass is 814 g/mol. The van der Waals surface area contributed by atoms with Gasteiger partial charge in [0.2, 0.25) is 0 Å². The first-order valence-corrected chi connectivity index (χ1v) is 20.4. The molecule has 0 bridgehead atoms. The second-order valence-electron chi connectivity index (χ2n) is 16.4. The smallest absolute Gasteiger partial charge is 0.455 e. The standard InChI is InChI=1S/C53H39F5N2O/c1-30(2)41-27-36(34-23-21-33(22-24-34)32-13-6-5-7-14-32)28-42(31(3)4)49(41)60-45-20-11-10-19-44(45)59-51(60)40-18-12-17-39-48-46(61-50(39)40)29-43(52(54,55)53(56,57)58)38-26-25-35-15-8-9-16-37(35)47(38)48/h5-31H,1-4H3. The highest BCUT2D eigenvalue weighted by molar-refractivity contribution is 6.28. The van der Waals surface area contributed by atoms with E-state index in [4.69, 9.17) is 9.40 Å². The summed E-state index contributed by atoms with van der Waals surface area (Å²) in [5.74, 6) is -4.42. The predicted octanol–water partition coefficient (Wildman–Crippen LogP) is 16.1. The summed E-state index contributed by atoms with van der Waals surface area (Å²) in [6.07, 6.45) is -5.83. The summed E-state index contributed by atoms with van der Waals surface area (Å²) in [7, 11) is 0. The van der Waals surface area contributed by atoms with Crippen molar-refractivity contribution in [2.24, 2.45) is 0 Å². The third-order valence-electron chi connectivity index (χ3n) is 11.9. The summed E-state index contributed by atoms with van der Waals surface area (Å²) in [5.41, 5.74) is 8.94. The second kappa shape index (κ2) is 14.2. The zero-order valence-electron chi connectivity index (χ0n) is 33.8. The highest BCUT2D eigenvalue weighted by Gasteiger charge is 2.59. The van der Waals surface area contributed by atoms with Crippen LogP contribution in [0.15, 0.2) is 156 Å². The molecule has 0 saturated heterocycles. The highest BCUT2D eigenvalue weighted by atomic mass is 19.4. The van der Waals surface area contributed by atoms with Gasteiger partial charge in [0.1, 0.15) is 17.0 Å². The van der Waals surface area contributed by atoms with Gasteiger partial charge in [-0.1, -0.05) is 143 Å². The lowest BCUT2D eigenvalue weighted by Gasteiger charge is -2.24. The van der Waals surface area contributed by atoms with Gasteiger partial charge >= 0.3 is 12.1 Å². The van der Waals surface area contributed by atoms with E-state index in [1.165, 1.54) is 6.07 Å². The molecule has 8 aromatic carbocycles. The summed E-state index contributed by atoms with van der Waals surface area (Å²) in [4.78, 5) is 5.24. The van der Waals surface area contributed by atoms with E-state index in [0.29, 0.717) is 38.5 Å². The number of nitrogens with zero attached hydrogens (tertiary/aromatic N) is 2. The fraction of sp³-hybridized carbons (Fsp3) is 0.151. The van der Waals surface area contributed by atoms with Gasteiger partial charge in [0.25, 0.3) is 0 Å². The van der Waals surface area contributed by atoms with Crippen LogP contribution in [0.4, 0.5) is 22.0 Å². The summed E-state index contributed by atoms with van der Waals surface area (Å²) in [6.45, 7) is 8.70. The summed E-state index contributed by atoms with van der Waals surface area (Å²) >= 11 is 0. The Kier molecular flexibility index (Phi) is 8.91. The average Bonchev–Trinajstić information content (AvgIpc) is 3.84. The molecular formula is C53H39F5N2O. The van der Waals surface area contributed by atoms with Gasteiger partial charge in [0.05, 0.1) is 22.3 Å².